The topological polar surface area (TPSA) is 46.2 Å². The molecule has 0 saturated heterocycles. The first-order chi connectivity index (χ1) is 13.0. The van der Waals surface area contributed by atoms with Crippen molar-refractivity contribution in [2.24, 2.45) is 0 Å². The molecular formula is C23H29NO2SSi. The third-order valence-corrected chi connectivity index (χ3v) is 11.5. The second-order valence-corrected chi connectivity index (χ2v) is 15.9. The number of hydrogen-bond acceptors (Lipinski definition) is 2. The van der Waals surface area contributed by atoms with E-state index in [0.717, 1.165) is 16.3 Å². The first kappa shape index (κ1) is 20.8. The second kappa shape index (κ2) is 7.47. The zero-order valence-corrected chi connectivity index (χ0v) is 19.0. The Bertz CT molecular complexity index is 1070. The maximum Gasteiger partial charge on any atom is 0.216 e. The molecule has 0 heterocycles. The summed E-state index contributed by atoms with van der Waals surface area (Å²) in [6.45, 7) is 9.68. The quantitative estimate of drug-likeness (QED) is 0.616. The third kappa shape index (κ3) is 4.07. The lowest BCUT2D eigenvalue weighted by Gasteiger charge is -2.36. The highest BCUT2D eigenvalue weighted by Crippen LogP contribution is 2.30. The van der Waals surface area contributed by atoms with Gasteiger partial charge in [0.1, 0.15) is 8.07 Å². The van der Waals surface area contributed by atoms with Gasteiger partial charge in [0.15, 0.2) is 0 Å². The van der Waals surface area contributed by atoms with Crippen LogP contribution in [0.4, 0.5) is 0 Å². The van der Waals surface area contributed by atoms with E-state index in [2.05, 4.69) is 60.3 Å². The summed E-state index contributed by atoms with van der Waals surface area (Å²) in [6.07, 6.45) is 0. The first-order valence-corrected chi connectivity index (χ1v) is 14.1. The van der Waals surface area contributed by atoms with Crippen molar-refractivity contribution < 1.29 is 8.42 Å². The van der Waals surface area contributed by atoms with Crippen LogP contribution in [0.15, 0.2) is 72.8 Å². The van der Waals surface area contributed by atoms with E-state index in [1.165, 1.54) is 5.19 Å². The van der Waals surface area contributed by atoms with Gasteiger partial charge >= 0.3 is 0 Å². The average molecular weight is 412 g/mol. The molecule has 1 N–H and O–H groups in total. The Morgan fingerprint density at radius 2 is 1.39 bits per heavy atom. The van der Waals surface area contributed by atoms with Gasteiger partial charge in [0.25, 0.3) is 0 Å². The third-order valence-electron chi connectivity index (χ3n) is 5.43. The highest BCUT2D eigenvalue weighted by atomic mass is 32.2. The van der Waals surface area contributed by atoms with Gasteiger partial charge in [-0.15, -0.1) is 0 Å². The maximum atomic E-state index is 13.1. The lowest BCUT2D eigenvalue weighted by Crippen LogP contribution is -2.56. The summed E-state index contributed by atoms with van der Waals surface area (Å²) in [7, 11) is -5.72. The Kier molecular flexibility index (Phi) is 5.54. The molecule has 0 fully saturated rings. The Morgan fingerprint density at radius 1 is 0.821 bits per heavy atom. The molecule has 5 heteroatoms. The summed E-state index contributed by atoms with van der Waals surface area (Å²) in [5.41, 5.74) is 0.760. The van der Waals surface area contributed by atoms with Crippen LogP contribution < -0.4 is 9.91 Å². The summed E-state index contributed by atoms with van der Waals surface area (Å²) in [5.74, 6) is 0. The molecule has 0 radical (unpaired) electrons. The zero-order chi connectivity index (χ0) is 20.6. The first-order valence-electron chi connectivity index (χ1n) is 9.58. The van der Waals surface area contributed by atoms with Crippen LogP contribution in [0.5, 0.6) is 0 Å². The van der Waals surface area contributed by atoms with Gasteiger partial charge in [-0.1, -0.05) is 85.0 Å². The van der Waals surface area contributed by atoms with E-state index in [0.29, 0.717) is 0 Å². The van der Waals surface area contributed by atoms with E-state index in [-0.39, 0.29) is 5.67 Å². The smallest absolute Gasteiger partial charge is 0.212 e. The molecule has 3 rings (SSSR count). The van der Waals surface area contributed by atoms with Gasteiger partial charge in [-0.25, -0.2) is 13.1 Å². The fraction of sp³-hybridized carbons (Fsp3) is 0.304. The standard InChI is InChI=1S/C23H29NO2SSi/c1-23(2,3)27(25,26)24-22(28(4,5)21-13-7-6-8-14-21)20-16-15-18-11-9-10-12-19(18)17-20/h6-17,22,24H,1-5H3/t22-/m1/s1. The van der Waals surface area contributed by atoms with Crippen molar-refractivity contribution in [2.45, 2.75) is 44.3 Å². The molecule has 148 valence electrons. The average Bonchev–Trinajstić information content (AvgIpc) is 2.65. The van der Waals surface area contributed by atoms with E-state index < -0.39 is 22.8 Å². The molecule has 3 nitrogen and oxygen atoms in total. The van der Waals surface area contributed by atoms with Crippen LogP contribution in [0.25, 0.3) is 10.8 Å². The van der Waals surface area contributed by atoms with E-state index in [1.807, 2.05) is 30.3 Å². The largest absolute Gasteiger partial charge is 0.216 e. The van der Waals surface area contributed by atoms with Crippen molar-refractivity contribution in [3.63, 3.8) is 0 Å². The molecule has 0 aliphatic heterocycles. The van der Waals surface area contributed by atoms with Crippen LogP contribution in [0.3, 0.4) is 0 Å². The number of benzene rings is 3. The number of hydrogen-bond donors (Lipinski definition) is 1. The molecular weight excluding hydrogens is 382 g/mol. The molecule has 28 heavy (non-hydrogen) atoms. The van der Waals surface area contributed by atoms with E-state index in [9.17, 15) is 8.42 Å². The molecule has 0 saturated carbocycles. The van der Waals surface area contributed by atoms with Crippen LogP contribution in [-0.2, 0) is 10.0 Å². The molecule has 0 aromatic heterocycles. The van der Waals surface area contributed by atoms with Crippen LogP contribution >= 0.6 is 0 Å². The SMILES string of the molecule is CC(C)(C)S(=O)(=O)N[C@@H](c1ccc2ccccc2c1)[Si](C)(C)c1ccccc1. The van der Waals surface area contributed by atoms with Crippen LogP contribution in [0.2, 0.25) is 13.1 Å². The molecule has 3 aromatic carbocycles. The number of sulfonamides is 1. The van der Waals surface area contributed by atoms with Crippen molar-refractivity contribution >= 4 is 34.1 Å². The van der Waals surface area contributed by atoms with Gasteiger partial charge in [0.2, 0.25) is 10.0 Å². The predicted octanol–water partition coefficient (Wildman–Crippen LogP) is 4.75. The Morgan fingerprint density at radius 3 is 2.00 bits per heavy atom. The summed E-state index contributed by atoms with van der Waals surface area (Å²) >= 11 is 0. The number of rotatable bonds is 5. The summed E-state index contributed by atoms with van der Waals surface area (Å²) in [4.78, 5) is 0. The van der Waals surface area contributed by atoms with Gasteiger partial charge in [-0.05, 0) is 43.2 Å². The lowest BCUT2D eigenvalue weighted by atomic mass is 10.1. The van der Waals surface area contributed by atoms with E-state index in [4.69, 9.17) is 0 Å². The minimum absolute atomic E-state index is 0.260. The van der Waals surface area contributed by atoms with E-state index in [1.54, 1.807) is 20.8 Å². The monoisotopic (exact) mass is 411 g/mol. The summed E-state index contributed by atoms with van der Waals surface area (Å²) < 4.78 is 28.4. The van der Waals surface area contributed by atoms with Gasteiger partial charge in [-0.3, -0.25) is 0 Å². The van der Waals surface area contributed by atoms with Crippen LogP contribution in [0, 0.1) is 0 Å². The van der Waals surface area contributed by atoms with Crippen molar-refractivity contribution in [2.75, 3.05) is 0 Å². The van der Waals surface area contributed by atoms with Gasteiger partial charge < -0.3 is 0 Å². The van der Waals surface area contributed by atoms with Gasteiger partial charge in [0, 0.05) is 5.67 Å². The highest BCUT2D eigenvalue weighted by Gasteiger charge is 2.40. The summed E-state index contributed by atoms with van der Waals surface area (Å²) in [6, 6.07) is 24.7. The number of nitrogens with one attached hydrogen (secondary N) is 1. The molecule has 0 amide bonds. The zero-order valence-electron chi connectivity index (χ0n) is 17.2. The molecule has 0 bridgehead atoms. The minimum Gasteiger partial charge on any atom is -0.212 e. The normalized spacial score (nSPS) is 14.2. The Labute approximate surface area is 169 Å². The summed E-state index contributed by atoms with van der Waals surface area (Å²) in [5, 5.41) is 3.51. The number of fused-ring (bicyclic) bond motifs is 1. The minimum atomic E-state index is -3.50. The molecule has 3 aromatic rings. The molecule has 0 aliphatic carbocycles. The van der Waals surface area contributed by atoms with E-state index >= 15 is 0 Å². The second-order valence-electron chi connectivity index (χ2n) is 8.86. The predicted molar refractivity (Wildman–Crippen MR) is 122 cm³/mol. The fourth-order valence-electron chi connectivity index (χ4n) is 3.39. The highest BCUT2D eigenvalue weighted by molar-refractivity contribution is 7.90. The van der Waals surface area contributed by atoms with Crippen LogP contribution in [-0.4, -0.2) is 21.2 Å². The molecule has 0 spiro atoms. The fourth-order valence-corrected chi connectivity index (χ4v) is 8.23. The maximum absolute atomic E-state index is 13.1. The van der Waals surface area contributed by atoms with Crippen molar-refractivity contribution in [1.29, 1.82) is 0 Å². The Hall–Kier alpha value is -1.95. The van der Waals surface area contributed by atoms with Crippen LogP contribution in [0.1, 0.15) is 32.0 Å². The molecule has 1 atom stereocenters. The van der Waals surface area contributed by atoms with Crippen molar-refractivity contribution in [3.8, 4) is 0 Å². The lowest BCUT2D eigenvalue weighted by molar-refractivity contribution is 0.541. The van der Waals surface area contributed by atoms with Crippen molar-refractivity contribution in [1.82, 2.24) is 4.72 Å². The molecule has 0 unspecified atom stereocenters. The Balaban J connectivity index is 2.16. The molecule has 0 aliphatic rings. The van der Waals surface area contributed by atoms with Gasteiger partial charge in [-0.2, -0.15) is 0 Å². The van der Waals surface area contributed by atoms with Crippen molar-refractivity contribution in [3.05, 3.63) is 78.4 Å². The van der Waals surface area contributed by atoms with Gasteiger partial charge in [0.05, 0.1) is 4.75 Å².